The number of nitrogens with one attached hydrogen (secondary N) is 2. The van der Waals surface area contributed by atoms with E-state index in [9.17, 15) is 22.4 Å². The molecule has 1 fully saturated rings. The summed E-state index contributed by atoms with van der Waals surface area (Å²) in [6, 6.07) is 13.0. The molecule has 4 rings (SSSR count). The van der Waals surface area contributed by atoms with Gasteiger partial charge in [-0.1, -0.05) is 12.1 Å². The molecule has 0 saturated heterocycles. The van der Waals surface area contributed by atoms with E-state index in [-0.39, 0.29) is 40.5 Å². The predicted molar refractivity (Wildman–Crippen MR) is 134 cm³/mol. The van der Waals surface area contributed by atoms with Crippen molar-refractivity contribution in [1.82, 2.24) is 15.0 Å². The Hall–Kier alpha value is -3.57. The van der Waals surface area contributed by atoms with Gasteiger partial charge in [-0.2, -0.15) is 0 Å². The standard InChI is InChI=1S/C26H28FN3O6S/c1-16(17-2-7-20(27)8-3-17)28-26(33)18-4-9-21(10-5-18)30-37(34,35)22-11-12-23-19(14-22)6-13-24(29-23)36-15-25(31)32/h2-3,6-8,11-14,16,18,21,30H,4-5,9-10,15H2,1H3,(H,28,33)(H,31,32). The van der Waals surface area contributed by atoms with Crippen LogP contribution >= 0.6 is 0 Å². The number of carboxylic acid groups (broad SMARTS) is 1. The zero-order valence-electron chi connectivity index (χ0n) is 20.2. The van der Waals surface area contributed by atoms with Crippen LogP contribution in [-0.4, -0.2) is 43.0 Å². The molecule has 196 valence electrons. The fourth-order valence-corrected chi connectivity index (χ4v) is 5.74. The number of benzene rings is 2. The summed E-state index contributed by atoms with van der Waals surface area (Å²) < 4.78 is 47.0. The Kier molecular flexibility index (Phi) is 8.03. The van der Waals surface area contributed by atoms with Crippen molar-refractivity contribution in [2.45, 2.75) is 49.6 Å². The number of ether oxygens (including phenoxy) is 1. The number of fused-ring (bicyclic) bond motifs is 1. The highest BCUT2D eigenvalue weighted by atomic mass is 32.2. The number of halogens is 1. The number of carbonyl (C=O) groups excluding carboxylic acids is 1. The quantitative estimate of drug-likeness (QED) is 0.386. The average Bonchev–Trinajstić information content (AvgIpc) is 2.87. The first-order valence-electron chi connectivity index (χ1n) is 11.9. The Morgan fingerprint density at radius 1 is 1.08 bits per heavy atom. The second kappa shape index (κ2) is 11.2. The van der Waals surface area contributed by atoms with Crippen molar-refractivity contribution in [3.63, 3.8) is 0 Å². The zero-order chi connectivity index (χ0) is 26.6. The third-order valence-corrected chi connectivity index (χ3v) is 7.96. The van der Waals surface area contributed by atoms with Gasteiger partial charge in [0.1, 0.15) is 5.82 Å². The molecule has 0 radical (unpaired) electrons. The SMILES string of the molecule is CC(NC(=O)C1CCC(NS(=O)(=O)c2ccc3nc(OCC(=O)O)ccc3c2)CC1)c1ccc(F)cc1. The molecule has 0 spiro atoms. The minimum absolute atomic E-state index is 0.0909. The van der Waals surface area contributed by atoms with Crippen LogP contribution in [-0.2, 0) is 19.6 Å². The van der Waals surface area contributed by atoms with Gasteiger partial charge in [-0.3, -0.25) is 4.79 Å². The topological polar surface area (TPSA) is 135 Å². The van der Waals surface area contributed by atoms with Crippen molar-refractivity contribution in [3.8, 4) is 5.88 Å². The minimum atomic E-state index is -3.80. The van der Waals surface area contributed by atoms with Gasteiger partial charge in [0.15, 0.2) is 6.61 Å². The van der Waals surface area contributed by atoms with Crippen LogP contribution in [0.3, 0.4) is 0 Å². The smallest absolute Gasteiger partial charge is 0.341 e. The summed E-state index contributed by atoms with van der Waals surface area (Å²) in [5.41, 5.74) is 1.29. The maximum absolute atomic E-state index is 13.1. The summed E-state index contributed by atoms with van der Waals surface area (Å²) in [5.74, 6) is -1.62. The van der Waals surface area contributed by atoms with Crippen LogP contribution in [0, 0.1) is 11.7 Å². The number of hydrogen-bond donors (Lipinski definition) is 3. The number of aliphatic carboxylic acids is 1. The highest BCUT2D eigenvalue weighted by Gasteiger charge is 2.30. The van der Waals surface area contributed by atoms with Crippen LogP contribution in [0.25, 0.3) is 10.9 Å². The minimum Gasteiger partial charge on any atom is -0.479 e. The molecule has 3 N–H and O–H groups in total. The molecule has 9 nitrogen and oxygen atoms in total. The maximum atomic E-state index is 13.1. The molecule has 3 aromatic rings. The van der Waals surface area contributed by atoms with E-state index in [1.54, 1.807) is 24.3 Å². The number of hydrogen-bond acceptors (Lipinski definition) is 6. The molecular formula is C26H28FN3O6S. The van der Waals surface area contributed by atoms with Gasteiger partial charge < -0.3 is 15.2 Å². The predicted octanol–water partition coefficient (Wildman–Crippen LogP) is 3.55. The molecule has 1 amide bonds. The first-order chi connectivity index (χ1) is 17.6. The van der Waals surface area contributed by atoms with Crippen LogP contribution in [0.2, 0.25) is 0 Å². The Morgan fingerprint density at radius 2 is 1.78 bits per heavy atom. The van der Waals surface area contributed by atoms with Gasteiger partial charge in [0, 0.05) is 23.4 Å². The van der Waals surface area contributed by atoms with Gasteiger partial charge in [0.05, 0.1) is 16.5 Å². The van der Waals surface area contributed by atoms with Crippen molar-refractivity contribution in [2.24, 2.45) is 5.92 Å². The van der Waals surface area contributed by atoms with E-state index in [2.05, 4.69) is 15.0 Å². The van der Waals surface area contributed by atoms with E-state index in [0.29, 0.717) is 36.6 Å². The van der Waals surface area contributed by atoms with Gasteiger partial charge in [-0.15, -0.1) is 0 Å². The molecule has 0 bridgehead atoms. The lowest BCUT2D eigenvalue weighted by Crippen LogP contribution is -2.41. The van der Waals surface area contributed by atoms with Gasteiger partial charge in [-0.25, -0.2) is 27.3 Å². The van der Waals surface area contributed by atoms with E-state index < -0.39 is 22.6 Å². The molecule has 1 unspecified atom stereocenters. The van der Waals surface area contributed by atoms with E-state index >= 15 is 0 Å². The fraction of sp³-hybridized carbons (Fsp3) is 0.346. The Balaban J connectivity index is 1.32. The second-order valence-electron chi connectivity index (χ2n) is 9.14. The molecule has 1 aliphatic rings. The molecule has 1 aromatic heterocycles. The fourth-order valence-electron chi connectivity index (χ4n) is 4.40. The first-order valence-corrected chi connectivity index (χ1v) is 13.4. The van der Waals surface area contributed by atoms with Gasteiger partial charge >= 0.3 is 5.97 Å². The van der Waals surface area contributed by atoms with Gasteiger partial charge in [0.2, 0.25) is 21.8 Å². The molecule has 1 aliphatic carbocycles. The Labute approximate surface area is 214 Å². The number of aromatic nitrogens is 1. The lowest BCUT2D eigenvalue weighted by atomic mass is 9.85. The third kappa shape index (κ3) is 6.80. The van der Waals surface area contributed by atoms with Crippen molar-refractivity contribution in [3.05, 3.63) is 66.0 Å². The Bertz CT molecular complexity index is 1390. The lowest BCUT2D eigenvalue weighted by molar-refractivity contribution is -0.139. The summed E-state index contributed by atoms with van der Waals surface area (Å²) in [6.07, 6.45) is 2.16. The molecular weight excluding hydrogens is 501 g/mol. The Morgan fingerprint density at radius 3 is 2.46 bits per heavy atom. The second-order valence-corrected chi connectivity index (χ2v) is 10.9. The van der Waals surface area contributed by atoms with Crippen molar-refractivity contribution in [2.75, 3.05) is 6.61 Å². The summed E-state index contributed by atoms with van der Waals surface area (Å²) in [6.45, 7) is 1.32. The van der Waals surface area contributed by atoms with Gasteiger partial charge in [-0.05, 0) is 74.6 Å². The van der Waals surface area contributed by atoms with E-state index in [1.165, 1.54) is 30.3 Å². The summed E-state index contributed by atoms with van der Waals surface area (Å²) in [7, 11) is -3.80. The number of rotatable bonds is 9. The largest absolute Gasteiger partial charge is 0.479 e. The lowest BCUT2D eigenvalue weighted by Gasteiger charge is -2.29. The van der Waals surface area contributed by atoms with Crippen molar-refractivity contribution < 1.29 is 32.2 Å². The maximum Gasteiger partial charge on any atom is 0.341 e. The van der Waals surface area contributed by atoms with Crippen molar-refractivity contribution in [1.29, 1.82) is 0 Å². The molecule has 1 saturated carbocycles. The summed E-state index contributed by atoms with van der Waals surface area (Å²) in [4.78, 5) is 27.7. The normalized spacial score (nSPS) is 18.8. The number of nitrogens with zero attached hydrogens (tertiary/aromatic N) is 1. The summed E-state index contributed by atoms with van der Waals surface area (Å²) >= 11 is 0. The van der Waals surface area contributed by atoms with Crippen LogP contribution in [0.4, 0.5) is 4.39 Å². The number of amides is 1. The molecule has 1 atom stereocenters. The number of pyridine rings is 1. The number of sulfonamides is 1. The highest BCUT2D eigenvalue weighted by molar-refractivity contribution is 7.89. The third-order valence-electron chi connectivity index (χ3n) is 6.44. The molecule has 37 heavy (non-hydrogen) atoms. The van der Waals surface area contributed by atoms with Gasteiger partial charge in [0.25, 0.3) is 0 Å². The summed E-state index contributed by atoms with van der Waals surface area (Å²) in [5, 5.41) is 12.3. The van der Waals surface area contributed by atoms with Crippen LogP contribution < -0.4 is 14.8 Å². The molecule has 0 aliphatic heterocycles. The van der Waals surface area contributed by atoms with Crippen LogP contribution in [0.15, 0.2) is 59.5 Å². The molecule has 11 heteroatoms. The van der Waals surface area contributed by atoms with Crippen molar-refractivity contribution >= 4 is 32.8 Å². The molecule has 1 heterocycles. The monoisotopic (exact) mass is 529 g/mol. The van der Waals surface area contributed by atoms with Crippen LogP contribution in [0.1, 0.15) is 44.2 Å². The zero-order valence-corrected chi connectivity index (χ0v) is 21.0. The van der Waals surface area contributed by atoms with Crippen LogP contribution in [0.5, 0.6) is 5.88 Å². The van der Waals surface area contributed by atoms with E-state index in [0.717, 1.165) is 5.56 Å². The number of carboxylic acids is 1. The molecule has 2 aromatic carbocycles. The number of carbonyl (C=O) groups is 2. The van der Waals surface area contributed by atoms with E-state index in [1.807, 2.05) is 6.92 Å². The average molecular weight is 530 g/mol. The highest BCUT2D eigenvalue weighted by Crippen LogP contribution is 2.27. The van der Waals surface area contributed by atoms with E-state index in [4.69, 9.17) is 9.84 Å². The first kappa shape index (κ1) is 26.5.